The number of hydrogen-bond acceptors (Lipinski definition) is 1. The molecule has 1 aliphatic carbocycles. The lowest BCUT2D eigenvalue weighted by Gasteiger charge is -2.46. The molecule has 1 saturated heterocycles. The van der Waals surface area contributed by atoms with Crippen LogP contribution in [0.4, 0.5) is 0 Å². The van der Waals surface area contributed by atoms with E-state index in [9.17, 15) is 4.79 Å². The molecule has 2 heteroatoms. The minimum absolute atomic E-state index is 0.362. The van der Waals surface area contributed by atoms with Crippen LogP contribution in [0.25, 0.3) is 0 Å². The van der Waals surface area contributed by atoms with Gasteiger partial charge in [-0.3, -0.25) is 4.79 Å². The number of nitrogens with zero attached hydrogens (tertiary/aromatic N) is 1. The Morgan fingerprint density at radius 1 is 1.00 bits per heavy atom. The van der Waals surface area contributed by atoms with Gasteiger partial charge in [0, 0.05) is 19.0 Å². The van der Waals surface area contributed by atoms with Crippen LogP contribution in [0, 0.1) is 29.6 Å². The van der Waals surface area contributed by atoms with Crippen molar-refractivity contribution in [3.63, 3.8) is 0 Å². The molecular weight excluding hydrogens is 198 g/mol. The fraction of sp³-hybridized carbons (Fsp3) is 0.929. The zero-order chi connectivity index (χ0) is 11.9. The van der Waals surface area contributed by atoms with Gasteiger partial charge in [0.05, 0.1) is 0 Å². The van der Waals surface area contributed by atoms with E-state index in [1.807, 2.05) is 0 Å². The van der Waals surface area contributed by atoms with Crippen LogP contribution < -0.4 is 0 Å². The van der Waals surface area contributed by atoms with E-state index >= 15 is 0 Å². The average Bonchev–Trinajstić information content (AvgIpc) is 1.95. The van der Waals surface area contributed by atoms with Crippen LogP contribution in [0.5, 0.6) is 0 Å². The van der Waals surface area contributed by atoms with Crippen molar-refractivity contribution >= 4 is 5.91 Å². The highest BCUT2D eigenvalue weighted by atomic mass is 16.2. The Balaban J connectivity index is 1.72. The van der Waals surface area contributed by atoms with E-state index in [2.05, 4.69) is 32.6 Å². The molecule has 0 radical (unpaired) electrons. The van der Waals surface area contributed by atoms with Crippen molar-refractivity contribution < 1.29 is 4.79 Å². The van der Waals surface area contributed by atoms with Crippen LogP contribution in [-0.4, -0.2) is 23.9 Å². The molecule has 2 fully saturated rings. The van der Waals surface area contributed by atoms with E-state index in [-0.39, 0.29) is 0 Å². The quantitative estimate of drug-likeness (QED) is 0.720. The van der Waals surface area contributed by atoms with Gasteiger partial charge in [-0.1, -0.05) is 27.7 Å². The highest BCUT2D eigenvalue weighted by molar-refractivity contribution is 5.80. The van der Waals surface area contributed by atoms with Crippen LogP contribution in [0.3, 0.4) is 0 Å². The molecule has 1 saturated carbocycles. The van der Waals surface area contributed by atoms with Gasteiger partial charge in [0.1, 0.15) is 0 Å². The predicted octanol–water partition coefficient (Wildman–Crippen LogP) is 2.78. The first-order valence-electron chi connectivity index (χ1n) is 6.77. The molecule has 0 N–H and O–H groups in total. The molecule has 0 bridgehead atoms. The SMILES string of the molecule is CC(C)C1CC(C(=O)N2CC(C(C)C)C2)C1. The predicted molar refractivity (Wildman–Crippen MR) is 66.0 cm³/mol. The first-order chi connectivity index (χ1) is 7.49. The monoisotopic (exact) mass is 223 g/mol. The molecule has 92 valence electrons. The minimum Gasteiger partial charge on any atom is -0.342 e. The van der Waals surface area contributed by atoms with Crippen molar-refractivity contribution in [2.75, 3.05) is 13.1 Å². The van der Waals surface area contributed by atoms with E-state index in [0.29, 0.717) is 11.8 Å². The second-order valence-corrected chi connectivity index (χ2v) is 6.42. The van der Waals surface area contributed by atoms with Gasteiger partial charge in [0.25, 0.3) is 0 Å². The molecule has 2 aliphatic rings. The zero-order valence-corrected chi connectivity index (χ0v) is 11.1. The van der Waals surface area contributed by atoms with Gasteiger partial charge < -0.3 is 4.90 Å². The standard InChI is InChI=1S/C14H25NO/c1-9(2)11-5-12(6-11)14(16)15-7-13(8-15)10(3)4/h9-13H,5-8H2,1-4H3. The summed E-state index contributed by atoms with van der Waals surface area (Å²) in [7, 11) is 0. The largest absolute Gasteiger partial charge is 0.342 e. The van der Waals surface area contributed by atoms with E-state index in [4.69, 9.17) is 0 Å². The lowest BCUT2D eigenvalue weighted by Crippen LogP contribution is -2.55. The van der Waals surface area contributed by atoms with Gasteiger partial charge in [-0.25, -0.2) is 0 Å². The third kappa shape index (κ3) is 2.11. The molecular formula is C14H25NO. The van der Waals surface area contributed by atoms with Crippen LogP contribution in [0.2, 0.25) is 0 Å². The number of amides is 1. The molecule has 0 unspecified atom stereocenters. The molecule has 2 nitrogen and oxygen atoms in total. The number of carbonyl (C=O) groups is 1. The molecule has 2 rings (SSSR count). The summed E-state index contributed by atoms with van der Waals surface area (Å²) >= 11 is 0. The lowest BCUT2D eigenvalue weighted by atomic mass is 9.68. The van der Waals surface area contributed by atoms with Gasteiger partial charge in [-0.05, 0) is 36.5 Å². The Morgan fingerprint density at radius 3 is 1.94 bits per heavy atom. The summed E-state index contributed by atoms with van der Waals surface area (Å²) in [5.41, 5.74) is 0. The second kappa shape index (κ2) is 4.38. The van der Waals surface area contributed by atoms with E-state index in [1.165, 1.54) is 0 Å². The number of rotatable bonds is 3. The topological polar surface area (TPSA) is 20.3 Å². The maximum atomic E-state index is 12.1. The van der Waals surface area contributed by atoms with Crippen LogP contribution in [0.15, 0.2) is 0 Å². The molecule has 0 spiro atoms. The molecule has 1 aliphatic heterocycles. The summed E-state index contributed by atoms with van der Waals surface area (Å²) < 4.78 is 0. The first-order valence-corrected chi connectivity index (χ1v) is 6.77. The van der Waals surface area contributed by atoms with Crippen molar-refractivity contribution in [1.29, 1.82) is 0 Å². The maximum Gasteiger partial charge on any atom is 0.225 e. The van der Waals surface area contributed by atoms with Crippen LogP contribution in [-0.2, 0) is 4.79 Å². The van der Waals surface area contributed by atoms with Crippen LogP contribution in [0.1, 0.15) is 40.5 Å². The smallest absolute Gasteiger partial charge is 0.225 e. The summed E-state index contributed by atoms with van der Waals surface area (Å²) in [6, 6.07) is 0. The maximum absolute atomic E-state index is 12.1. The molecule has 0 atom stereocenters. The van der Waals surface area contributed by atoms with E-state index in [1.54, 1.807) is 0 Å². The average molecular weight is 223 g/mol. The molecule has 0 aromatic rings. The van der Waals surface area contributed by atoms with Gasteiger partial charge in [0.15, 0.2) is 0 Å². The summed E-state index contributed by atoms with van der Waals surface area (Å²) in [6.07, 6.45) is 2.28. The molecule has 0 aromatic carbocycles. The molecule has 1 heterocycles. The van der Waals surface area contributed by atoms with E-state index < -0.39 is 0 Å². The second-order valence-electron chi connectivity index (χ2n) is 6.42. The Hall–Kier alpha value is -0.530. The zero-order valence-electron chi connectivity index (χ0n) is 11.1. The van der Waals surface area contributed by atoms with Crippen molar-refractivity contribution in [1.82, 2.24) is 4.90 Å². The number of hydrogen-bond donors (Lipinski definition) is 0. The molecule has 1 amide bonds. The first kappa shape index (κ1) is 11.9. The van der Waals surface area contributed by atoms with Gasteiger partial charge in [-0.15, -0.1) is 0 Å². The summed E-state index contributed by atoms with van der Waals surface area (Å²) in [6.45, 7) is 11.1. The normalized spacial score (nSPS) is 30.5. The Labute approximate surface area is 99.4 Å². The number of likely N-dealkylation sites (tertiary alicyclic amines) is 1. The summed E-state index contributed by atoms with van der Waals surface area (Å²) in [4.78, 5) is 14.1. The highest BCUT2D eigenvalue weighted by Gasteiger charge is 2.41. The van der Waals surface area contributed by atoms with Gasteiger partial charge >= 0.3 is 0 Å². The van der Waals surface area contributed by atoms with Gasteiger partial charge in [-0.2, -0.15) is 0 Å². The van der Waals surface area contributed by atoms with Crippen molar-refractivity contribution in [3.8, 4) is 0 Å². The summed E-state index contributed by atoms with van der Waals surface area (Å²) in [5, 5.41) is 0. The Bertz CT molecular complexity index is 234. The van der Waals surface area contributed by atoms with Gasteiger partial charge in [0.2, 0.25) is 5.91 Å². The fourth-order valence-electron chi connectivity index (χ4n) is 2.78. The van der Waals surface area contributed by atoms with Crippen molar-refractivity contribution in [2.24, 2.45) is 29.6 Å². The Morgan fingerprint density at radius 2 is 1.50 bits per heavy atom. The minimum atomic E-state index is 0.362. The number of carbonyl (C=O) groups excluding carboxylic acids is 1. The summed E-state index contributed by atoms with van der Waals surface area (Å²) in [5.74, 6) is 3.84. The molecule has 16 heavy (non-hydrogen) atoms. The highest BCUT2D eigenvalue weighted by Crippen LogP contribution is 2.40. The van der Waals surface area contributed by atoms with Crippen LogP contribution >= 0.6 is 0 Å². The van der Waals surface area contributed by atoms with Crippen molar-refractivity contribution in [3.05, 3.63) is 0 Å². The molecule has 0 aromatic heterocycles. The lowest BCUT2D eigenvalue weighted by molar-refractivity contribution is -0.148. The third-order valence-corrected chi connectivity index (χ3v) is 4.63. The third-order valence-electron chi connectivity index (χ3n) is 4.63. The van der Waals surface area contributed by atoms with Crippen molar-refractivity contribution in [2.45, 2.75) is 40.5 Å². The fourth-order valence-corrected chi connectivity index (χ4v) is 2.78. The Kier molecular flexibility index (Phi) is 3.27. The van der Waals surface area contributed by atoms with E-state index in [0.717, 1.165) is 49.6 Å².